The number of hydrogen-bond donors (Lipinski definition) is 1. The maximum atomic E-state index is 10.7. The van der Waals surface area contributed by atoms with Gasteiger partial charge in [0.05, 0.1) is 0 Å². The second kappa shape index (κ2) is 4.40. The molecule has 0 radical (unpaired) electrons. The Labute approximate surface area is 84.9 Å². The lowest BCUT2D eigenvalue weighted by molar-refractivity contribution is 0.111. The van der Waals surface area contributed by atoms with Gasteiger partial charge in [-0.25, -0.2) is 4.98 Å². The Kier molecular flexibility index (Phi) is 3.44. The Morgan fingerprint density at radius 2 is 2.00 bits per heavy atom. The topological polar surface area (TPSA) is 45.8 Å². The molecule has 3 nitrogen and oxygen atoms in total. The minimum atomic E-state index is 0.323. The van der Waals surface area contributed by atoms with Crippen LogP contribution in [0.15, 0.2) is 0 Å². The van der Waals surface area contributed by atoms with E-state index in [2.05, 4.69) is 37.7 Å². The lowest BCUT2D eigenvalue weighted by Gasteiger charge is -2.01. The van der Waals surface area contributed by atoms with Gasteiger partial charge in [0, 0.05) is 12.1 Å². The SMILES string of the molecule is CC(C)Cc1nc(C=O)c(C(C)C)[nH]1. The molecule has 0 amide bonds. The van der Waals surface area contributed by atoms with Crippen LogP contribution in [0.1, 0.15) is 55.6 Å². The van der Waals surface area contributed by atoms with E-state index in [1.807, 2.05) is 0 Å². The van der Waals surface area contributed by atoms with Crippen molar-refractivity contribution in [2.75, 3.05) is 0 Å². The van der Waals surface area contributed by atoms with Crippen LogP contribution in [-0.2, 0) is 6.42 Å². The van der Waals surface area contributed by atoms with Gasteiger partial charge in [0.25, 0.3) is 0 Å². The maximum Gasteiger partial charge on any atom is 0.170 e. The Hall–Kier alpha value is -1.12. The van der Waals surface area contributed by atoms with Crippen LogP contribution in [0.4, 0.5) is 0 Å². The quantitative estimate of drug-likeness (QED) is 0.749. The van der Waals surface area contributed by atoms with Crippen molar-refractivity contribution in [2.24, 2.45) is 5.92 Å². The molecule has 0 aromatic carbocycles. The van der Waals surface area contributed by atoms with E-state index in [0.29, 0.717) is 17.5 Å². The molecule has 1 aromatic heterocycles. The lowest BCUT2D eigenvalue weighted by atomic mass is 10.1. The van der Waals surface area contributed by atoms with Crippen LogP contribution in [0.2, 0.25) is 0 Å². The highest BCUT2D eigenvalue weighted by Crippen LogP contribution is 2.16. The zero-order chi connectivity index (χ0) is 10.7. The third-order valence-corrected chi connectivity index (χ3v) is 2.10. The summed E-state index contributed by atoms with van der Waals surface area (Å²) in [7, 11) is 0. The van der Waals surface area contributed by atoms with Crippen molar-refractivity contribution in [3.05, 3.63) is 17.2 Å². The van der Waals surface area contributed by atoms with Crippen molar-refractivity contribution in [3.63, 3.8) is 0 Å². The number of carbonyl (C=O) groups excluding carboxylic acids is 1. The van der Waals surface area contributed by atoms with E-state index in [0.717, 1.165) is 24.2 Å². The van der Waals surface area contributed by atoms with Crippen LogP contribution >= 0.6 is 0 Å². The molecule has 0 atom stereocenters. The van der Waals surface area contributed by atoms with E-state index in [4.69, 9.17) is 0 Å². The highest BCUT2D eigenvalue weighted by molar-refractivity contribution is 5.74. The minimum Gasteiger partial charge on any atom is -0.345 e. The van der Waals surface area contributed by atoms with Gasteiger partial charge in [0.1, 0.15) is 11.5 Å². The Balaban J connectivity index is 2.94. The van der Waals surface area contributed by atoms with Crippen molar-refractivity contribution in [1.29, 1.82) is 0 Å². The molecule has 0 bridgehead atoms. The van der Waals surface area contributed by atoms with Gasteiger partial charge in [-0.3, -0.25) is 4.79 Å². The number of carbonyl (C=O) groups is 1. The zero-order valence-electron chi connectivity index (χ0n) is 9.29. The summed E-state index contributed by atoms with van der Waals surface area (Å²) in [6, 6.07) is 0. The number of aromatic amines is 1. The van der Waals surface area contributed by atoms with E-state index in [1.165, 1.54) is 0 Å². The first-order valence-electron chi connectivity index (χ1n) is 5.08. The second-order valence-electron chi connectivity index (χ2n) is 4.35. The summed E-state index contributed by atoms with van der Waals surface area (Å²) in [6.07, 6.45) is 1.73. The Morgan fingerprint density at radius 1 is 1.36 bits per heavy atom. The highest BCUT2D eigenvalue weighted by Gasteiger charge is 2.12. The molecular weight excluding hydrogens is 176 g/mol. The number of aromatic nitrogens is 2. The molecule has 0 unspecified atom stereocenters. The minimum absolute atomic E-state index is 0.323. The molecule has 0 spiro atoms. The molecule has 0 aliphatic heterocycles. The number of nitrogens with zero attached hydrogens (tertiary/aromatic N) is 1. The third-order valence-electron chi connectivity index (χ3n) is 2.10. The molecule has 1 heterocycles. The van der Waals surface area contributed by atoms with Gasteiger partial charge in [-0.15, -0.1) is 0 Å². The molecule has 0 fully saturated rings. The van der Waals surface area contributed by atoms with Gasteiger partial charge >= 0.3 is 0 Å². The van der Waals surface area contributed by atoms with Gasteiger partial charge in [-0.1, -0.05) is 27.7 Å². The first-order valence-corrected chi connectivity index (χ1v) is 5.08. The average Bonchev–Trinajstić information content (AvgIpc) is 2.46. The smallest absolute Gasteiger partial charge is 0.170 e. The van der Waals surface area contributed by atoms with Crippen molar-refractivity contribution in [3.8, 4) is 0 Å². The summed E-state index contributed by atoms with van der Waals surface area (Å²) in [5.41, 5.74) is 1.52. The standard InChI is InChI=1S/C11H18N2O/c1-7(2)5-10-12-9(6-14)11(13-10)8(3)4/h6-8H,5H2,1-4H3,(H,12,13). The molecule has 1 rings (SSSR count). The summed E-state index contributed by atoms with van der Waals surface area (Å²) in [6.45, 7) is 8.38. The van der Waals surface area contributed by atoms with E-state index in [9.17, 15) is 4.79 Å². The van der Waals surface area contributed by atoms with Gasteiger partial charge in [0.2, 0.25) is 0 Å². The molecule has 78 valence electrons. The zero-order valence-corrected chi connectivity index (χ0v) is 9.29. The van der Waals surface area contributed by atoms with Crippen molar-refractivity contribution >= 4 is 6.29 Å². The summed E-state index contributed by atoms with van der Waals surface area (Å²) >= 11 is 0. The van der Waals surface area contributed by atoms with Gasteiger partial charge in [-0.2, -0.15) is 0 Å². The lowest BCUT2D eigenvalue weighted by Crippen LogP contribution is -1.96. The maximum absolute atomic E-state index is 10.7. The first kappa shape index (κ1) is 11.0. The van der Waals surface area contributed by atoms with Crippen LogP contribution in [0.3, 0.4) is 0 Å². The molecular formula is C11H18N2O. The van der Waals surface area contributed by atoms with Gasteiger partial charge in [-0.05, 0) is 11.8 Å². The number of hydrogen-bond acceptors (Lipinski definition) is 2. The molecule has 14 heavy (non-hydrogen) atoms. The second-order valence-corrected chi connectivity index (χ2v) is 4.35. The molecule has 3 heteroatoms. The number of H-pyrrole nitrogens is 1. The highest BCUT2D eigenvalue weighted by atomic mass is 16.1. The predicted octanol–water partition coefficient (Wildman–Crippen LogP) is 2.54. The fraction of sp³-hybridized carbons (Fsp3) is 0.636. The third kappa shape index (κ3) is 2.44. The number of imidazole rings is 1. The van der Waals surface area contributed by atoms with Crippen molar-refractivity contribution in [1.82, 2.24) is 9.97 Å². The summed E-state index contributed by atoms with van der Waals surface area (Å²) < 4.78 is 0. The van der Waals surface area contributed by atoms with Crippen molar-refractivity contribution in [2.45, 2.75) is 40.0 Å². The molecule has 0 saturated carbocycles. The Morgan fingerprint density at radius 3 is 2.36 bits per heavy atom. The van der Waals surface area contributed by atoms with E-state index < -0.39 is 0 Å². The number of aldehydes is 1. The summed E-state index contributed by atoms with van der Waals surface area (Å²) in [4.78, 5) is 18.2. The average molecular weight is 194 g/mol. The van der Waals surface area contributed by atoms with E-state index in [-0.39, 0.29) is 0 Å². The van der Waals surface area contributed by atoms with Crippen LogP contribution in [0, 0.1) is 5.92 Å². The molecule has 0 aliphatic rings. The Bertz CT molecular complexity index is 313. The van der Waals surface area contributed by atoms with Gasteiger partial charge in [0.15, 0.2) is 6.29 Å². The fourth-order valence-electron chi connectivity index (χ4n) is 1.47. The number of nitrogens with one attached hydrogen (secondary N) is 1. The van der Waals surface area contributed by atoms with Crippen LogP contribution in [-0.4, -0.2) is 16.3 Å². The first-order chi connectivity index (χ1) is 6.54. The summed E-state index contributed by atoms with van der Waals surface area (Å²) in [5.74, 6) is 1.80. The molecule has 1 N–H and O–H groups in total. The molecule has 0 aliphatic carbocycles. The molecule has 0 saturated heterocycles. The predicted molar refractivity (Wildman–Crippen MR) is 56.6 cm³/mol. The van der Waals surface area contributed by atoms with E-state index in [1.54, 1.807) is 0 Å². The number of rotatable bonds is 4. The van der Waals surface area contributed by atoms with Crippen LogP contribution in [0.25, 0.3) is 0 Å². The van der Waals surface area contributed by atoms with Crippen LogP contribution in [0.5, 0.6) is 0 Å². The van der Waals surface area contributed by atoms with Crippen LogP contribution < -0.4 is 0 Å². The molecule has 1 aromatic rings. The largest absolute Gasteiger partial charge is 0.345 e. The fourth-order valence-corrected chi connectivity index (χ4v) is 1.47. The monoisotopic (exact) mass is 194 g/mol. The van der Waals surface area contributed by atoms with E-state index >= 15 is 0 Å². The van der Waals surface area contributed by atoms with Gasteiger partial charge < -0.3 is 4.98 Å². The normalized spacial score (nSPS) is 11.3. The van der Waals surface area contributed by atoms with Crippen molar-refractivity contribution < 1.29 is 4.79 Å². The summed E-state index contributed by atoms with van der Waals surface area (Å²) in [5, 5.41) is 0.